The van der Waals surface area contributed by atoms with Crippen molar-refractivity contribution in [3.05, 3.63) is 223 Å². The van der Waals surface area contributed by atoms with Gasteiger partial charge in [-0.05, 0) is 108 Å². The van der Waals surface area contributed by atoms with Gasteiger partial charge >= 0.3 is 0 Å². The Labute approximate surface area is 355 Å². The molecule has 0 fully saturated rings. The van der Waals surface area contributed by atoms with E-state index in [-0.39, 0.29) is 5.41 Å². The zero-order valence-electron chi connectivity index (χ0n) is 34.1. The summed E-state index contributed by atoms with van der Waals surface area (Å²) in [6, 6.07) is 77.3. The van der Waals surface area contributed by atoms with E-state index >= 15 is 0 Å². The molecule has 0 amide bonds. The summed E-state index contributed by atoms with van der Waals surface area (Å²) in [5, 5.41) is 6.93. The van der Waals surface area contributed by atoms with E-state index in [4.69, 9.17) is 4.42 Å². The van der Waals surface area contributed by atoms with Crippen molar-refractivity contribution in [3.8, 4) is 44.5 Å². The Morgan fingerprint density at radius 1 is 0.361 bits per heavy atom. The molecule has 12 rings (SSSR count). The summed E-state index contributed by atoms with van der Waals surface area (Å²) in [4.78, 5) is 2.47. The number of furan rings is 1. The van der Waals surface area contributed by atoms with Crippen LogP contribution < -0.4 is 4.90 Å². The Balaban J connectivity index is 1.16. The van der Waals surface area contributed by atoms with Crippen LogP contribution in [0.5, 0.6) is 0 Å². The second-order valence-corrected chi connectivity index (χ2v) is 16.9. The maximum atomic E-state index is 7.19. The maximum Gasteiger partial charge on any atom is 0.143 e. The van der Waals surface area contributed by atoms with Gasteiger partial charge in [0.1, 0.15) is 11.2 Å². The molecule has 2 heteroatoms. The lowest BCUT2D eigenvalue weighted by atomic mass is 9.82. The van der Waals surface area contributed by atoms with Gasteiger partial charge in [-0.1, -0.05) is 190 Å². The molecule has 10 aromatic carbocycles. The van der Waals surface area contributed by atoms with E-state index in [0.717, 1.165) is 55.5 Å². The minimum atomic E-state index is -0.167. The second kappa shape index (κ2) is 13.7. The zero-order valence-corrected chi connectivity index (χ0v) is 34.1. The topological polar surface area (TPSA) is 16.4 Å². The largest absolute Gasteiger partial charge is 0.455 e. The van der Waals surface area contributed by atoms with E-state index in [1.165, 1.54) is 60.7 Å². The van der Waals surface area contributed by atoms with Gasteiger partial charge < -0.3 is 9.32 Å². The highest BCUT2D eigenvalue weighted by molar-refractivity contribution is 6.32. The second-order valence-electron chi connectivity index (χ2n) is 16.9. The van der Waals surface area contributed by atoms with Crippen molar-refractivity contribution in [2.75, 3.05) is 4.90 Å². The van der Waals surface area contributed by atoms with Crippen LogP contribution in [0.4, 0.5) is 17.1 Å². The molecule has 1 aliphatic rings. The zero-order chi connectivity index (χ0) is 40.7. The summed E-state index contributed by atoms with van der Waals surface area (Å²) in [7, 11) is 0. The molecule has 1 aliphatic carbocycles. The predicted molar refractivity (Wildman–Crippen MR) is 257 cm³/mol. The minimum Gasteiger partial charge on any atom is -0.455 e. The van der Waals surface area contributed by atoms with Crippen LogP contribution in [0.15, 0.2) is 217 Å². The lowest BCUT2D eigenvalue weighted by molar-refractivity contribution is 0.660. The number of anilines is 3. The Morgan fingerprint density at radius 2 is 0.852 bits per heavy atom. The molecule has 1 heterocycles. The third-order valence-electron chi connectivity index (χ3n) is 13.1. The van der Waals surface area contributed by atoms with E-state index in [1.807, 2.05) is 0 Å². The third-order valence-corrected chi connectivity index (χ3v) is 13.1. The molecule has 288 valence electrons. The van der Waals surface area contributed by atoms with Crippen LogP contribution in [0, 0.1) is 0 Å². The molecule has 0 unspecified atom stereocenters. The first kappa shape index (κ1) is 35.3. The summed E-state index contributed by atoms with van der Waals surface area (Å²) in [5.41, 5.74) is 17.1. The van der Waals surface area contributed by atoms with Crippen molar-refractivity contribution in [1.29, 1.82) is 0 Å². The van der Waals surface area contributed by atoms with Crippen LogP contribution in [0.3, 0.4) is 0 Å². The molecule has 11 aromatic rings. The highest BCUT2D eigenvalue weighted by Crippen LogP contribution is 2.53. The van der Waals surface area contributed by atoms with Crippen LogP contribution in [-0.2, 0) is 5.41 Å². The highest BCUT2D eigenvalue weighted by atomic mass is 16.3. The fraction of sp³-hybridized carbons (Fsp3) is 0.0508. The lowest BCUT2D eigenvalue weighted by Gasteiger charge is -2.29. The molecule has 2 nitrogen and oxygen atoms in total. The quantitative estimate of drug-likeness (QED) is 0.156. The van der Waals surface area contributed by atoms with Crippen molar-refractivity contribution in [1.82, 2.24) is 0 Å². The van der Waals surface area contributed by atoms with Gasteiger partial charge in [-0.15, -0.1) is 0 Å². The van der Waals surface area contributed by atoms with Crippen molar-refractivity contribution in [2.24, 2.45) is 0 Å². The molecule has 0 N–H and O–H groups in total. The van der Waals surface area contributed by atoms with Crippen LogP contribution in [0.2, 0.25) is 0 Å². The smallest absolute Gasteiger partial charge is 0.143 e. The van der Waals surface area contributed by atoms with Crippen LogP contribution in [0.1, 0.15) is 25.0 Å². The van der Waals surface area contributed by atoms with E-state index in [0.29, 0.717) is 0 Å². The van der Waals surface area contributed by atoms with Gasteiger partial charge in [-0.3, -0.25) is 0 Å². The summed E-state index contributed by atoms with van der Waals surface area (Å²) in [6.45, 7) is 4.72. The molecule has 0 spiro atoms. The number of hydrogen-bond acceptors (Lipinski definition) is 2. The maximum absolute atomic E-state index is 7.19. The summed E-state index contributed by atoms with van der Waals surface area (Å²) >= 11 is 0. The van der Waals surface area contributed by atoms with E-state index in [1.54, 1.807) is 0 Å². The normalized spacial score (nSPS) is 12.9. The minimum absolute atomic E-state index is 0.167. The van der Waals surface area contributed by atoms with Crippen LogP contribution >= 0.6 is 0 Å². The van der Waals surface area contributed by atoms with Crippen molar-refractivity contribution in [3.63, 3.8) is 0 Å². The van der Waals surface area contributed by atoms with E-state index in [2.05, 4.69) is 231 Å². The Morgan fingerprint density at radius 3 is 1.52 bits per heavy atom. The van der Waals surface area contributed by atoms with Gasteiger partial charge in [0.15, 0.2) is 0 Å². The average molecular weight is 780 g/mol. The molecule has 61 heavy (non-hydrogen) atoms. The third kappa shape index (κ3) is 5.56. The first-order valence-electron chi connectivity index (χ1n) is 21.2. The highest BCUT2D eigenvalue weighted by Gasteiger charge is 2.36. The first-order chi connectivity index (χ1) is 30.0. The first-order valence-corrected chi connectivity index (χ1v) is 21.2. The van der Waals surface area contributed by atoms with Crippen molar-refractivity contribution < 1.29 is 4.42 Å². The SMILES string of the molecule is CC1(C)c2ccccc2-c2ccc(N(c3ccc(-c4ccccc4)cc3)c3cc(-c4ccc(-c5ccccc5)cc4)cc4oc5c6ccccc6c6ccccc6c5c34)cc21. The molecule has 1 aromatic heterocycles. The van der Waals surface area contributed by atoms with Gasteiger partial charge in [0, 0.05) is 27.6 Å². The predicted octanol–water partition coefficient (Wildman–Crippen LogP) is 16.7. The summed E-state index contributed by atoms with van der Waals surface area (Å²) < 4.78 is 7.19. The number of rotatable bonds is 6. The average Bonchev–Trinajstić information content (AvgIpc) is 3.83. The van der Waals surface area contributed by atoms with Crippen molar-refractivity contribution in [2.45, 2.75) is 19.3 Å². The van der Waals surface area contributed by atoms with Gasteiger partial charge in [-0.2, -0.15) is 0 Å². The van der Waals surface area contributed by atoms with Gasteiger partial charge in [0.25, 0.3) is 0 Å². The standard InChI is InChI=1S/C59H41NO/c1-59(2)52-24-14-13-21-48(52)49-34-33-45(37-53(49)59)60(44-31-29-41(30-32-44)39-17-7-4-8-18-39)54-35-43(42-27-25-40(26-28-42)38-15-5-3-6-16-38)36-55-57(54)56-50-22-11-9-19-46(50)47-20-10-12-23-51(47)58(56)61-55/h3-37H,1-2H3. The Bertz CT molecular complexity index is 3470. The summed E-state index contributed by atoms with van der Waals surface area (Å²) in [5.74, 6) is 0. The molecule has 0 aliphatic heterocycles. The van der Waals surface area contributed by atoms with Gasteiger partial charge in [0.2, 0.25) is 0 Å². The van der Waals surface area contributed by atoms with Gasteiger partial charge in [0.05, 0.1) is 11.1 Å². The lowest BCUT2D eigenvalue weighted by Crippen LogP contribution is -2.16. The Hall–Kier alpha value is -7.68. The fourth-order valence-corrected chi connectivity index (χ4v) is 10.0. The number of nitrogens with zero attached hydrogens (tertiary/aromatic N) is 1. The monoisotopic (exact) mass is 779 g/mol. The molecule has 0 saturated heterocycles. The molecule has 0 bridgehead atoms. The van der Waals surface area contributed by atoms with Gasteiger partial charge in [-0.25, -0.2) is 0 Å². The number of fused-ring (bicyclic) bond motifs is 11. The molecular formula is C59H41NO. The van der Waals surface area contributed by atoms with Crippen LogP contribution in [0.25, 0.3) is 88.0 Å². The molecule has 0 radical (unpaired) electrons. The Kier molecular flexibility index (Phi) is 7.92. The molecule has 0 saturated carbocycles. The molecule has 0 atom stereocenters. The van der Waals surface area contributed by atoms with Crippen LogP contribution in [-0.4, -0.2) is 0 Å². The van der Waals surface area contributed by atoms with E-state index < -0.39 is 0 Å². The van der Waals surface area contributed by atoms with E-state index in [9.17, 15) is 0 Å². The van der Waals surface area contributed by atoms with Crippen molar-refractivity contribution >= 4 is 60.5 Å². The number of benzene rings is 10. The number of hydrogen-bond donors (Lipinski definition) is 0. The summed E-state index contributed by atoms with van der Waals surface area (Å²) in [6.07, 6.45) is 0. The fourth-order valence-electron chi connectivity index (χ4n) is 10.0. The molecular weight excluding hydrogens is 739 g/mol.